The molecule has 0 N–H and O–H groups in total. The zero-order valence-corrected chi connectivity index (χ0v) is 13.9. The summed E-state index contributed by atoms with van der Waals surface area (Å²) in [6.07, 6.45) is 4.62. The Bertz CT molecular complexity index is 453. The van der Waals surface area contributed by atoms with E-state index in [0.717, 1.165) is 30.8 Å². The Morgan fingerprint density at radius 1 is 1.40 bits per heavy atom. The highest BCUT2D eigenvalue weighted by Crippen LogP contribution is 2.26. The lowest BCUT2D eigenvalue weighted by Gasteiger charge is -2.36. The minimum Gasteiger partial charge on any atom is -0.334 e. The van der Waals surface area contributed by atoms with E-state index in [0.29, 0.717) is 23.6 Å². The third-order valence-corrected chi connectivity index (χ3v) is 5.01. The van der Waals surface area contributed by atoms with Gasteiger partial charge in [-0.15, -0.1) is 11.3 Å². The van der Waals surface area contributed by atoms with E-state index in [-0.39, 0.29) is 5.91 Å². The first-order valence-corrected chi connectivity index (χ1v) is 8.63. The minimum absolute atomic E-state index is 0.138. The average Bonchev–Trinajstić information content (AvgIpc) is 2.87. The summed E-state index contributed by atoms with van der Waals surface area (Å²) in [5.41, 5.74) is 0.648. The van der Waals surface area contributed by atoms with Gasteiger partial charge in [-0.25, -0.2) is 4.98 Å². The van der Waals surface area contributed by atoms with Gasteiger partial charge in [-0.2, -0.15) is 0 Å². The minimum atomic E-state index is 0.138. The summed E-state index contributed by atoms with van der Waals surface area (Å²) in [7, 11) is 0. The predicted molar refractivity (Wildman–Crippen MR) is 84.3 cm³/mol. The van der Waals surface area contributed by atoms with Crippen LogP contribution in [0.2, 0.25) is 0 Å². The van der Waals surface area contributed by atoms with Crippen molar-refractivity contribution in [2.24, 2.45) is 5.92 Å². The molecule has 0 bridgehead atoms. The van der Waals surface area contributed by atoms with Gasteiger partial charge in [-0.3, -0.25) is 4.79 Å². The molecular weight excluding hydrogens is 268 g/mol. The topological polar surface area (TPSA) is 33.2 Å². The quantitative estimate of drug-likeness (QED) is 0.829. The third-order valence-electron chi connectivity index (χ3n) is 3.87. The van der Waals surface area contributed by atoms with Crippen molar-refractivity contribution in [3.63, 3.8) is 0 Å². The van der Waals surface area contributed by atoms with Gasteiger partial charge in [-0.1, -0.05) is 27.7 Å². The van der Waals surface area contributed by atoms with Crippen molar-refractivity contribution >= 4 is 17.2 Å². The second kappa shape index (κ2) is 6.70. The third kappa shape index (κ3) is 3.60. The SMILES string of the molecule is CC(C)CC1CCCCN1C(=O)c1csc(C(C)C)n1. The molecule has 2 heterocycles. The molecule has 0 radical (unpaired) electrons. The number of nitrogens with zero attached hydrogens (tertiary/aromatic N) is 2. The molecular formula is C16H26N2OS. The van der Waals surface area contributed by atoms with Gasteiger partial charge in [0.05, 0.1) is 5.01 Å². The van der Waals surface area contributed by atoms with E-state index >= 15 is 0 Å². The van der Waals surface area contributed by atoms with Crippen LogP contribution >= 0.6 is 11.3 Å². The number of hydrogen-bond acceptors (Lipinski definition) is 3. The van der Waals surface area contributed by atoms with Gasteiger partial charge in [-0.05, 0) is 31.6 Å². The van der Waals surface area contributed by atoms with Crippen LogP contribution in [0.4, 0.5) is 0 Å². The lowest BCUT2D eigenvalue weighted by molar-refractivity contribution is 0.0579. The van der Waals surface area contributed by atoms with E-state index < -0.39 is 0 Å². The molecule has 1 aliphatic rings. The van der Waals surface area contributed by atoms with Crippen molar-refractivity contribution < 1.29 is 4.79 Å². The average molecular weight is 294 g/mol. The number of rotatable bonds is 4. The predicted octanol–water partition coefficient (Wildman–Crippen LogP) is 4.31. The van der Waals surface area contributed by atoms with Crippen molar-refractivity contribution in [2.75, 3.05) is 6.54 Å². The maximum absolute atomic E-state index is 12.7. The molecule has 3 nitrogen and oxygen atoms in total. The first-order valence-electron chi connectivity index (χ1n) is 7.75. The highest BCUT2D eigenvalue weighted by Gasteiger charge is 2.29. The van der Waals surface area contributed by atoms with Crippen LogP contribution in [0.3, 0.4) is 0 Å². The maximum atomic E-state index is 12.7. The van der Waals surface area contributed by atoms with Gasteiger partial charge in [0.1, 0.15) is 5.69 Å². The Balaban J connectivity index is 2.12. The first-order chi connectivity index (χ1) is 9.49. The van der Waals surface area contributed by atoms with E-state index in [9.17, 15) is 4.79 Å². The highest BCUT2D eigenvalue weighted by molar-refractivity contribution is 7.09. The molecule has 112 valence electrons. The monoisotopic (exact) mass is 294 g/mol. The molecule has 0 spiro atoms. The van der Waals surface area contributed by atoms with Crippen molar-refractivity contribution in [3.05, 3.63) is 16.1 Å². The summed E-state index contributed by atoms with van der Waals surface area (Å²) in [6.45, 7) is 9.60. The summed E-state index contributed by atoms with van der Waals surface area (Å²) < 4.78 is 0. The fourth-order valence-corrected chi connectivity index (χ4v) is 3.66. The molecule has 0 saturated carbocycles. The molecule has 1 aromatic rings. The summed E-state index contributed by atoms with van der Waals surface area (Å²) in [5, 5.41) is 2.99. The van der Waals surface area contributed by atoms with Crippen LogP contribution < -0.4 is 0 Å². The molecule has 1 fully saturated rings. The molecule has 0 aromatic carbocycles. The van der Waals surface area contributed by atoms with Crippen LogP contribution in [-0.4, -0.2) is 28.4 Å². The Hall–Kier alpha value is -0.900. The van der Waals surface area contributed by atoms with E-state index in [1.807, 2.05) is 5.38 Å². The van der Waals surface area contributed by atoms with Crippen molar-refractivity contribution in [1.82, 2.24) is 9.88 Å². The van der Waals surface area contributed by atoms with E-state index in [1.54, 1.807) is 11.3 Å². The lowest BCUT2D eigenvalue weighted by atomic mass is 9.94. The summed E-state index contributed by atoms with van der Waals surface area (Å²) in [6, 6.07) is 0.403. The Morgan fingerprint density at radius 3 is 2.75 bits per heavy atom. The normalized spacial score (nSPS) is 19.9. The molecule has 20 heavy (non-hydrogen) atoms. The lowest BCUT2D eigenvalue weighted by Crippen LogP contribution is -2.44. The van der Waals surface area contributed by atoms with Gasteiger partial charge in [0.25, 0.3) is 5.91 Å². The largest absolute Gasteiger partial charge is 0.334 e. The van der Waals surface area contributed by atoms with E-state index in [1.165, 1.54) is 6.42 Å². The van der Waals surface area contributed by atoms with Crippen molar-refractivity contribution in [3.8, 4) is 0 Å². The molecule has 0 aliphatic carbocycles. The fraction of sp³-hybridized carbons (Fsp3) is 0.750. The van der Waals surface area contributed by atoms with Crippen LogP contribution in [-0.2, 0) is 0 Å². The number of likely N-dealkylation sites (tertiary alicyclic amines) is 1. The number of thiazole rings is 1. The molecule has 1 amide bonds. The van der Waals surface area contributed by atoms with Crippen LogP contribution in [0.25, 0.3) is 0 Å². The number of carbonyl (C=O) groups excluding carboxylic acids is 1. The molecule has 1 aromatic heterocycles. The Labute approximate surface area is 126 Å². The Morgan fingerprint density at radius 2 is 2.15 bits per heavy atom. The standard InChI is InChI=1S/C16H26N2OS/c1-11(2)9-13-7-5-6-8-18(13)16(19)14-10-20-15(17-14)12(3)4/h10-13H,5-9H2,1-4H3. The zero-order chi connectivity index (χ0) is 14.7. The van der Waals surface area contributed by atoms with Gasteiger partial charge in [0.15, 0.2) is 0 Å². The smallest absolute Gasteiger partial charge is 0.273 e. The van der Waals surface area contributed by atoms with Gasteiger partial charge >= 0.3 is 0 Å². The van der Waals surface area contributed by atoms with E-state index in [4.69, 9.17) is 0 Å². The van der Waals surface area contributed by atoms with Gasteiger partial charge in [0.2, 0.25) is 0 Å². The van der Waals surface area contributed by atoms with Gasteiger partial charge in [0, 0.05) is 23.9 Å². The zero-order valence-electron chi connectivity index (χ0n) is 13.1. The second-order valence-electron chi connectivity index (χ2n) is 6.50. The summed E-state index contributed by atoms with van der Waals surface area (Å²) in [4.78, 5) is 19.3. The molecule has 4 heteroatoms. The van der Waals surface area contributed by atoms with Crippen LogP contribution in [0.15, 0.2) is 5.38 Å². The van der Waals surface area contributed by atoms with Crippen LogP contribution in [0.1, 0.15) is 74.8 Å². The second-order valence-corrected chi connectivity index (χ2v) is 7.39. The number of carbonyl (C=O) groups is 1. The van der Waals surface area contributed by atoms with Crippen molar-refractivity contribution in [1.29, 1.82) is 0 Å². The highest BCUT2D eigenvalue weighted by atomic mass is 32.1. The maximum Gasteiger partial charge on any atom is 0.273 e. The molecule has 1 aliphatic heterocycles. The number of aromatic nitrogens is 1. The molecule has 1 saturated heterocycles. The van der Waals surface area contributed by atoms with Gasteiger partial charge < -0.3 is 4.90 Å². The Kier molecular flexibility index (Phi) is 5.19. The summed E-state index contributed by atoms with van der Waals surface area (Å²) >= 11 is 1.61. The van der Waals surface area contributed by atoms with E-state index in [2.05, 4.69) is 37.6 Å². The fourth-order valence-electron chi connectivity index (χ4n) is 2.86. The number of hydrogen-bond donors (Lipinski definition) is 0. The molecule has 2 rings (SSSR count). The molecule has 1 unspecified atom stereocenters. The first kappa shape index (κ1) is 15.5. The van der Waals surface area contributed by atoms with Crippen LogP contribution in [0.5, 0.6) is 0 Å². The number of amides is 1. The van der Waals surface area contributed by atoms with Crippen molar-refractivity contribution in [2.45, 2.75) is 65.3 Å². The summed E-state index contributed by atoms with van der Waals surface area (Å²) in [5.74, 6) is 1.17. The molecule has 1 atom stereocenters. The number of piperidine rings is 1. The van der Waals surface area contributed by atoms with Crippen LogP contribution in [0, 0.1) is 5.92 Å².